The highest BCUT2D eigenvalue weighted by atomic mass is 16.5. The first kappa shape index (κ1) is 19.5. The highest BCUT2D eigenvalue weighted by Crippen LogP contribution is 2.33. The molecule has 1 aromatic heterocycles. The van der Waals surface area contributed by atoms with Crippen LogP contribution in [0, 0.1) is 12.8 Å². The second-order valence-electron chi connectivity index (χ2n) is 7.60. The van der Waals surface area contributed by atoms with Crippen molar-refractivity contribution in [2.24, 2.45) is 5.92 Å². The van der Waals surface area contributed by atoms with Crippen molar-refractivity contribution in [2.45, 2.75) is 59.8 Å². The monoisotopic (exact) mass is 365 g/mol. The van der Waals surface area contributed by atoms with Crippen LogP contribution in [0.4, 0.5) is 0 Å². The number of benzene rings is 2. The number of unbranched alkanes of at least 4 members (excludes halogenated alkanes) is 1. The number of hydrogen-bond donors (Lipinski definition) is 1. The van der Waals surface area contributed by atoms with Crippen LogP contribution in [0.1, 0.15) is 67.9 Å². The van der Waals surface area contributed by atoms with Gasteiger partial charge in [0.05, 0.1) is 17.7 Å². The average Bonchev–Trinajstić information content (AvgIpc) is 3.04. The van der Waals surface area contributed by atoms with Gasteiger partial charge in [-0.25, -0.2) is 4.79 Å². The molecule has 0 aliphatic carbocycles. The lowest BCUT2D eigenvalue weighted by molar-refractivity contribution is 0.0525. The number of rotatable bonds is 8. The molecule has 1 N–H and O–H groups in total. The number of para-hydroxylation sites is 1. The zero-order valence-electron chi connectivity index (χ0n) is 17.0. The molecular weight excluding hydrogens is 334 g/mol. The van der Waals surface area contributed by atoms with Crippen LogP contribution in [-0.2, 0) is 11.2 Å². The molecule has 1 atom stereocenters. The Kier molecular flexibility index (Phi) is 6.20. The fraction of sp³-hybridized carbons (Fsp3) is 0.458. The fourth-order valence-electron chi connectivity index (χ4n) is 3.89. The molecule has 3 aromatic rings. The van der Waals surface area contributed by atoms with Crippen molar-refractivity contribution in [3.05, 3.63) is 47.0 Å². The molecule has 3 heteroatoms. The minimum absolute atomic E-state index is 0.219. The minimum Gasteiger partial charge on any atom is -0.462 e. The van der Waals surface area contributed by atoms with Gasteiger partial charge in [-0.05, 0) is 55.9 Å². The molecule has 3 nitrogen and oxygen atoms in total. The maximum absolute atomic E-state index is 12.5. The van der Waals surface area contributed by atoms with E-state index in [-0.39, 0.29) is 5.97 Å². The molecule has 2 aromatic carbocycles. The van der Waals surface area contributed by atoms with E-state index in [4.69, 9.17) is 4.74 Å². The molecular formula is C24H31NO2. The number of fused-ring (bicyclic) bond motifs is 3. The van der Waals surface area contributed by atoms with Crippen molar-refractivity contribution < 1.29 is 9.53 Å². The van der Waals surface area contributed by atoms with Crippen LogP contribution < -0.4 is 0 Å². The van der Waals surface area contributed by atoms with Crippen molar-refractivity contribution in [1.82, 2.24) is 4.98 Å². The number of hydrogen-bond acceptors (Lipinski definition) is 2. The van der Waals surface area contributed by atoms with Gasteiger partial charge in [0.15, 0.2) is 0 Å². The second kappa shape index (κ2) is 8.60. The number of aryl methyl sites for hydroxylation is 1. The number of H-pyrrole nitrogens is 1. The third kappa shape index (κ3) is 4.02. The maximum Gasteiger partial charge on any atom is 0.338 e. The molecule has 3 rings (SSSR count). The van der Waals surface area contributed by atoms with E-state index in [1.165, 1.54) is 35.7 Å². The van der Waals surface area contributed by atoms with E-state index < -0.39 is 0 Å². The summed E-state index contributed by atoms with van der Waals surface area (Å²) >= 11 is 0. The Hall–Kier alpha value is -2.29. The van der Waals surface area contributed by atoms with Crippen molar-refractivity contribution in [3.63, 3.8) is 0 Å². The molecule has 0 amide bonds. The summed E-state index contributed by atoms with van der Waals surface area (Å²) in [4.78, 5) is 16.1. The van der Waals surface area contributed by atoms with Gasteiger partial charge in [-0.2, -0.15) is 0 Å². The van der Waals surface area contributed by atoms with E-state index in [1.54, 1.807) is 0 Å². The van der Waals surface area contributed by atoms with Crippen LogP contribution in [0.15, 0.2) is 30.3 Å². The van der Waals surface area contributed by atoms with E-state index in [0.29, 0.717) is 12.2 Å². The Morgan fingerprint density at radius 2 is 1.93 bits per heavy atom. The van der Waals surface area contributed by atoms with Crippen LogP contribution in [0.3, 0.4) is 0 Å². The highest BCUT2D eigenvalue weighted by Gasteiger charge is 2.19. The number of aromatic amines is 1. The first-order valence-corrected chi connectivity index (χ1v) is 10.3. The van der Waals surface area contributed by atoms with E-state index >= 15 is 0 Å². The van der Waals surface area contributed by atoms with Crippen LogP contribution in [0.25, 0.3) is 21.8 Å². The van der Waals surface area contributed by atoms with Crippen LogP contribution in [-0.4, -0.2) is 17.6 Å². The van der Waals surface area contributed by atoms with Crippen molar-refractivity contribution in [2.75, 3.05) is 6.61 Å². The van der Waals surface area contributed by atoms with E-state index in [2.05, 4.69) is 37.9 Å². The zero-order valence-corrected chi connectivity index (χ0v) is 17.0. The predicted octanol–water partition coefficient (Wildman–Crippen LogP) is 6.57. The largest absolute Gasteiger partial charge is 0.462 e. The van der Waals surface area contributed by atoms with Crippen LogP contribution in [0.2, 0.25) is 0 Å². The van der Waals surface area contributed by atoms with Crippen LogP contribution >= 0.6 is 0 Å². The number of carbonyl (C=O) groups excluding carboxylic acids is 1. The van der Waals surface area contributed by atoms with Crippen LogP contribution in [0.5, 0.6) is 0 Å². The maximum atomic E-state index is 12.5. The van der Waals surface area contributed by atoms with Gasteiger partial charge in [0.1, 0.15) is 0 Å². The summed E-state index contributed by atoms with van der Waals surface area (Å²) in [6.07, 6.45) is 5.85. The summed E-state index contributed by atoms with van der Waals surface area (Å²) in [5.74, 6) is 0.563. The summed E-state index contributed by atoms with van der Waals surface area (Å²) in [7, 11) is 0. The Morgan fingerprint density at radius 3 is 2.67 bits per heavy atom. The topological polar surface area (TPSA) is 42.1 Å². The Balaban J connectivity index is 2.03. The lowest BCUT2D eigenvalue weighted by Gasteiger charge is -2.14. The number of aromatic nitrogens is 1. The van der Waals surface area contributed by atoms with Gasteiger partial charge >= 0.3 is 5.97 Å². The molecule has 27 heavy (non-hydrogen) atoms. The highest BCUT2D eigenvalue weighted by molar-refractivity contribution is 6.11. The lowest BCUT2D eigenvalue weighted by atomic mass is 9.93. The normalized spacial score (nSPS) is 12.6. The lowest BCUT2D eigenvalue weighted by Crippen LogP contribution is -2.09. The molecule has 144 valence electrons. The van der Waals surface area contributed by atoms with Crippen molar-refractivity contribution in [1.29, 1.82) is 0 Å². The zero-order chi connectivity index (χ0) is 19.4. The summed E-state index contributed by atoms with van der Waals surface area (Å²) < 4.78 is 5.32. The van der Waals surface area contributed by atoms with Gasteiger partial charge in [-0.15, -0.1) is 0 Å². The van der Waals surface area contributed by atoms with Gasteiger partial charge < -0.3 is 9.72 Å². The smallest absolute Gasteiger partial charge is 0.338 e. The van der Waals surface area contributed by atoms with Gasteiger partial charge in [0, 0.05) is 16.3 Å². The molecule has 0 fully saturated rings. The number of nitrogens with one attached hydrogen (secondary N) is 1. The van der Waals surface area contributed by atoms with Gasteiger partial charge in [-0.3, -0.25) is 0 Å². The first-order valence-electron chi connectivity index (χ1n) is 10.3. The summed E-state index contributed by atoms with van der Waals surface area (Å²) in [5, 5.41) is 2.29. The predicted molar refractivity (Wildman–Crippen MR) is 114 cm³/mol. The number of ether oxygens (including phenoxy) is 1. The molecule has 0 aliphatic heterocycles. The fourth-order valence-corrected chi connectivity index (χ4v) is 3.89. The van der Waals surface area contributed by atoms with E-state index in [1.807, 2.05) is 25.1 Å². The molecule has 0 unspecified atom stereocenters. The third-order valence-electron chi connectivity index (χ3n) is 5.76. The summed E-state index contributed by atoms with van der Waals surface area (Å²) in [6, 6.07) is 10.3. The third-order valence-corrected chi connectivity index (χ3v) is 5.76. The Morgan fingerprint density at radius 1 is 1.15 bits per heavy atom. The average molecular weight is 366 g/mol. The Labute approximate surface area is 162 Å². The summed E-state index contributed by atoms with van der Waals surface area (Å²) in [6.45, 7) is 8.89. The van der Waals surface area contributed by atoms with E-state index in [0.717, 1.165) is 35.2 Å². The molecule has 0 aliphatic rings. The molecule has 0 saturated heterocycles. The molecule has 0 spiro atoms. The van der Waals surface area contributed by atoms with Gasteiger partial charge in [0.2, 0.25) is 0 Å². The molecule has 0 saturated carbocycles. The second-order valence-corrected chi connectivity index (χ2v) is 7.60. The number of carbonyl (C=O) groups is 1. The minimum atomic E-state index is -0.219. The standard InChI is InChI=1S/C24H31NO2/c1-5-16(3)11-7-8-12-18-17(4)20(24(26)27-6-2)15-21-19-13-9-10-14-22(19)25-23(18)21/h9-10,13-16,25H,5-8,11-12H2,1-4H3/t16-/m0/s1. The van der Waals surface area contributed by atoms with Gasteiger partial charge in [0.25, 0.3) is 0 Å². The SMILES string of the molecule is CCOC(=O)c1cc2c([nH]c3ccccc32)c(CCCC[C@@H](C)CC)c1C. The van der Waals surface area contributed by atoms with Crippen molar-refractivity contribution >= 4 is 27.8 Å². The van der Waals surface area contributed by atoms with Gasteiger partial charge in [-0.1, -0.05) is 51.3 Å². The van der Waals surface area contributed by atoms with E-state index in [9.17, 15) is 4.79 Å². The molecule has 0 radical (unpaired) electrons. The quantitative estimate of drug-likeness (QED) is 0.362. The first-order chi connectivity index (χ1) is 13.1. The summed E-state index contributed by atoms with van der Waals surface area (Å²) in [5.41, 5.74) is 5.30. The number of esters is 1. The molecule has 0 bridgehead atoms. The molecule has 1 heterocycles. The van der Waals surface area contributed by atoms with Crippen molar-refractivity contribution in [3.8, 4) is 0 Å². The Bertz CT molecular complexity index is 938.